The van der Waals surface area contributed by atoms with Crippen LogP contribution in [-0.2, 0) is 6.54 Å². The van der Waals surface area contributed by atoms with Crippen molar-refractivity contribution in [2.75, 3.05) is 11.9 Å². The Morgan fingerprint density at radius 1 is 1.18 bits per heavy atom. The lowest BCUT2D eigenvalue weighted by atomic mass is 10.1. The highest BCUT2D eigenvalue weighted by molar-refractivity contribution is 5.96. The smallest absolute Gasteiger partial charge is 0.319 e. The van der Waals surface area contributed by atoms with Crippen molar-refractivity contribution in [1.29, 1.82) is 0 Å². The Balaban J connectivity index is 1.94. The third-order valence-electron chi connectivity index (χ3n) is 3.08. The van der Waals surface area contributed by atoms with Gasteiger partial charge in [-0.25, -0.2) is 4.79 Å². The van der Waals surface area contributed by atoms with Gasteiger partial charge in [0, 0.05) is 17.8 Å². The number of benzene rings is 1. The van der Waals surface area contributed by atoms with Gasteiger partial charge in [-0.2, -0.15) is 0 Å². The highest BCUT2D eigenvalue weighted by Crippen LogP contribution is 2.16. The number of carbonyl (C=O) groups excluding carboxylic acids is 2. The lowest BCUT2D eigenvalue weighted by Crippen LogP contribution is -2.28. The molecule has 22 heavy (non-hydrogen) atoms. The molecule has 3 amide bonds. The van der Waals surface area contributed by atoms with Crippen LogP contribution in [0.15, 0.2) is 41.0 Å². The van der Waals surface area contributed by atoms with Crippen molar-refractivity contribution in [2.24, 2.45) is 0 Å². The van der Waals surface area contributed by atoms with Crippen LogP contribution in [0.25, 0.3) is 0 Å². The molecule has 0 bridgehead atoms. The molecule has 0 fully saturated rings. The van der Waals surface area contributed by atoms with E-state index in [0.29, 0.717) is 30.1 Å². The predicted molar refractivity (Wildman–Crippen MR) is 83.8 cm³/mol. The number of anilines is 1. The van der Waals surface area contributed by atoms with Crippen molar-refractivity contribution in [3.63, 3.8) is 0 Å². The Morgan fingerprint density at radius 3 is 2.64 bits per heavy atom. The highest BCUT2D eigenvalue weighted by atomic mass is 16.3. The molecular weight excluding hydrogens is 282 g/mol. The van der Waals surface area contributed by atoms with Gasteiger partial charge in [-0.15, -0.1) is 0 Å². The second-order valence-corrected chi connectivity index (χ2v) is 4.78. The van der Waals surface area contributed by atoms with Gasteiger partial charge in [0.25, 0.3) is 5.91 Å². The average molecular weight is 301 g/mol. The summed E-state index contributed by atoms with van der Waals surface area (Å²) in [5.74, 6) is 0.554. The molecule has 1 heterocycles. The van der Waals surface area contributed by atoms with Crippen molar-refractivity contribution in [3.05, 3.63) is 53.5 Å². The van der Waals surface area contributed by atoms with E-state index in [2.05, 4.69) is 16.0 Å². The quantitative estimate of drug-likeness (QED) is 0.794. The zero-order valence-electron chi connectivity index (χ0n) is 12.6. The van der Waals surface area contributed by atoms with Gasteiger partial charge >= 0.3 is 6.03 Å². The summed E-state index contributed by atoms with van der Waals surface area (Å²) in [6.07, 6.45) is 1.55. The molecule has 1 aromatic carbocycles. The first-order valence-corrected chi connectivity index (χ1v) is 7.06. The fourth-order valence-electron chi connectivity index (χ4n) is 1.95. The molecule has 2 aromatic rings. The Morgan fingerprint density at radius 2 is 2.00 bits per heavy atom. The number of hydrogen-bond donors (Lipinski definition) is 3. The van der Waals surface area contributed by atoms with E-state index in [-0.39, 0.29) is 11.9 Å². The molecule has 6 nitrogen and oxygen atoms in total. The number of hydrogen-bond acceptors (Lipinski definition) is 3. The van der Waals surface area contributed by atoms with Gasteiger partial charge in [0.1, 0.15) is 5.76 Å². The van der Waals surface area contributed by atoms with E-state index in [1.165, 1.54) is 0 Å². The summed E-state index contributed by atoms with van der Waals surface area (Å²) in [6.45, 7) is 4.59. The molecular formula is C16H19N3O3. The van der Waals surface area contributed by atoms with Gasteiger partial charge in [-0.05, 0) is 49.7 Å². The van der Waals surface area contributed by atoms with Gasteiger partial charge in [0.05, 0.1) is 12.8 Å². The SMILES string of the molecule is CCNC(=O)c1ccc(NC(=O)NCc2ccco2)c(C)c1. The zero-order valence-corrected chi connectivity index (χ0v) is 12.6. The second-order valence-electron chi connectivity index (χ2n) is 4.78. The number of nitrogens with one attached hydrogen (secondary N) is 3. The molecule has 0 aliphatic heterocycles. The monoisotopic (exact) mass is 301 g/mol. The molecule has 0 unspecified atom stereocenters. The van der Waals surface area contributed by atoms with Crippen LogP contribution in [0.5, 0.6) is 0 Å². The third kappa shape index (κ3) is 4.12. The Labute approximate surface area is 128 Å². The fraction of sp³-hybridized carbons (Fsp3) is 0.250. The van der Waals surface area contributed by atoms with Crippen molar-refractivity contribution in [3.8, 4) is 0 Å². The maximum Gasteiger partial charge on any atom is 0.319 e. The number of furan rings is 1. The number of amides is 3. The van der Waals surface area contributed by atoms with Gasteiger partial charge in [0.2, 0.25) is 0 Å². The lowest BCUT2D eigenvalue weighted by molar-refractivity contribution is 0.0955. The number of aryl methyl sites for hydroxylation is 1. The maximum absolute atomic E-state index is 11.8. The molecule has 116 valence electrons. The predicted octanol–water partition coefficient (Wildman–Crippen LogP) is 2.66. The van der Waals surface area contributed by atoms with Crippen molar-refractivity contribution >= 4 is 17.6 Å². The molecule has 3 N–H and O–H groups in total. The van der Waals surface area contributed by atoms with Crippen LogP contribution in [0, 0.1) is 6.92 Å². The van der Waals surface area contributed by atoms with E-state index in [1.807, 2.05) is 13.8 Å². The van der Waals surface area contributed by atoms with E-state index in [1.54, 1.807) is 36.6 Å². The summed E-state index contributed by atoms with van der Waals surface area (Å²) in [5.41, 5.74) is 2.04. The topological polar surface area (TPSA) is 83.4 Å². The number of carbonyl (C=O) groups is 2. The van der Waals surface area contributed by atoms with Crippen molar-refractivity contribution in [2.45, 2.75) is 20.4 Å². The third-order valence-corrected chi connectivity index (χ3v) is 3.08. The fourth-order valence-corrected chi connectivity index (χ4v) is 1.95. The first-order chi connectivity index (χ1) is 10.6. The lowest BCUT2D eigenvalue weighted by Gasteiger charge is -2.11. The summed E-state index contributed by atoms with van der Waals surface area (Å²) in [4.78, 5) is 23.6. The van der Waals surface area contributed by atoms with E-state index < -0.39 is 0 Å². The minimum atomic E-state index is -0.328. The van der Waals surface area contributed by atoms with Gasteiger partial charge in [-0.3, -0.25) is 4.79 Å². The van der Waals surface area contributed by atoms with E-state index in [4.69, 9.17) is 4.42 Å². The average Bonchev–Trinajstić information content (AvgIpc) is 3.01. The molecule has 0 atom stereocenters. The van der Waals surface area contributed by atoms with E-state index in [9.17, 15) is 9.59 Å². The molecule has 2 rings (SSSR count). The maximum atomic E-state index is 11.8. The first kappa shape index (κ1) is 15.6. The van der Waals surface area contributed by atoms with Crippen molar-refractivity contribution < 1.29 is 14.0 Å². The molecule has 1 aromatic heterocycles. The summed E-state index contributed by atoms with van der Waals surface area (Å²) in [5, 5.41) is 8.18. The van der Waals surface area contributed by atoms with Crippen LogP contribution in [0.3, 0.4) is 0 Å². The van der Waals surface area contributed by atoms with Crippen LogP contribution in [0.2, 0.25) is 0 Å². The summed E-state index contributed by atoms with van der Waals surface area (Å²) >= 11 is 0. The summed E-state index contributed by atoms with van der Waals surface area (Å²) in [7, 11) is 0. The van der Waals surface area contributed by atoms with Crippen LogP contribution < -0.4 is 16.0 Å². The summed E-state index contributed by atoms with van der Waals surface area (Å²) in [6, 6.07) is 8.36. The van der Waals surface area contributed by atoms with E-state index >= 15 is 0 Å². The Bertz CT molecular complexity index is 651. The normalized spacial score (nSPS) is 10.1. The Kier molecular flexibility index (Phi) is 5.19. The Hall–Kier alpha value is -2.76. The zero-order chi connectivity index (χ0) is 15.9. The van der Waals surface area contributed by atoms with E-state index in [0.717, 1.165) is 5.56 Å². The molecule has 0 aliphatic carbocycles. The molecule has 0 saturated carbocycles. The minimum absolute atomic E-state index is 0.126. The first-order valence-electron chi connectivity index (χ1n) is 7.06. The number of urea groups is 1. The van der Waals surface area contributed by atoms with Gasteiger partial charge in [-0.1, -0.05) is 0 Å². The van der Waals surface area contributed by atoms with Gasteiger partial charge < -0.3 is 20.4 Å². The summed E-state index contributed by atoms with van der Waals surface area (Å²) < 4.78 is 5.14. The van der Waals surface area contributed by atoms with Crippen LogP contribution in [-0.4, -0.2) is 18.5 Å². The molecule has 0 aliphatic rings. The molecule has 6 heteroatoms. The van der Waals surface area contributed by atoms with Gasteiger partial charge in [0.15, 0.2) is 0 Å². The molecule has 0 saturated heterocycles. The molecule has 0 radical (unpaired) electrons. The van der Waals surface area contributed by atoms with Crippen LogP contribution >= 0.6 is 0 Å². The largest absolute Gasteiger partial charge is 0.467 e. The van der Waals surface area contributed by atoms with Crippen LogP contribution in [0.4, 0.5) is 10.5 Å². The minimum Gasteiger partial charge on any atom is -0.467 e. The van der Waals surface area contributed by atoms with Crippen molar-refractivity contribution in [1.82, 2.24) is 10.6 Å². The van der Waals surface area contributed by atoms with Crippen LogP contribution in [0.1, 0.15) is 28.6 Å². The second kappa shape index (κ2) is 7.31. The molecule has 0 spiro atoms. The highest BCUT2D eigenvalue weighted by Gasteiger charge is 2.09. The standard InChI is InChI=1S/C16H19N3O3/c1-3-17-15(20)12-6-7-14(11(2)9-12)19-16(21)18-10-13-5-4-8-22-13/h4-9H,3,10H2,1-2H3,(H,17,20)(H2,18,19,21). The number of rotatable bonds is 5.